The molecule has 0 aliphatic carbocycles. The number of benzene rings is 1. The Morgan fingerprint density at radius 1 is 1.11 bits per heavy atom. The molecule has 0 radical (unpaired) electrons. The van der Waals surface area contributed by atoms with Gasteiger partial charge in [-0.1, -0.05) is 6.07 Å². The summed E-state index contributed by atoms with van der Waals surface area (Å²) in [4.78, 5) is 64.2. The third-order valence-corrected chi connectivity index (χ3v) is 6.93. The van der Waals surface area contributed by atoms with Crippen LogP contribution in [0.25, 0.3) is 0 Å². The van der Waals surface area contributed by atoms with Crippen LogP contribution in [0.2, 0.25) is 0 Å². The summed E-state index contributed by atoms with van der Waals surface area (Å²) in [6.45, 7) is 1.00. The van der Waals surface area contributed by atoms with E-state index in [0.717, 1.165) is 23.3 Å². The smallest absolute Gasteiger partial charge is 0.264 e. The zero-order valence-electron chi connectivity index (χ0n) is 19.5. The number of carbonyl (C=O) groups is 5. The van der Waals surface area contributed by atoms with E-state index in [2.05, 4.69) is 15.7 Å². The first-order valence-corrected chi connectivity index (χ1v) is 11.9. The maximum absolute atomic E-state index is 13.2. The second kappa shape index (κ2) is 9.53. The highest BCUT2D eigenvalue weighted by molar-refractivity contribution is 6.25. The molecular formula is C24H26N6O6. The van der Waals surface area contributed by atoms with Crippen molar-refractivity contribution >= 4 is 35.2 Å². The minimum absolute atomic E-state index is 0.0652. The number of likely N-dealkylation sites (tertiary alicyclic amines) is 1. The van der Waals surface area contributed by atoms with Crippen LogP contribution in [0.15, 0.2) is 30.6 Å². The fourth-order valence-electron chi connectivity index (χ4n) is 5.01. The van der Waals surface area contributed by atoms with Crippen LogP contribution in [-0.4, -0.2) is 80.0 Å². The van der Waals surface area contributed by atoms with Gasteiger partial charge >= 0.3 is 0 Å². The minimum atomic E-state index is -1.01. The summed E-state index contributed by atoms with van der Waals surface area (Å²) in [7, 11) is 0. The predicted molar refractivity (Wildman–Crippen MR) is 125 cm³/mol. The third kappa shape index (κ3) is 4.24. The number of hydrogen-bond donors (Lipinski definition) is 3. The fraction of sp³-hybridized carbons (Fsp3) is 0.417. The molecule has 5 rings (SSSR count). The molecule has 188 valence electrons. The van der Waals surface area contributed by atoms with Gasteiger partial charge < -0.3 is 15.3 Å². The number of fused-ring (bicyclic) bond motifs is 1. The third-order valence-electron chi connectivity index (χ3n) is 6.93. The standard InChI is InChI=1S/C24H26N6O6/c31-13-20(33)28-8-6-15(7-9-28)29-12-14(11-26-29)10-25-17-3-1-2-16-21(17)24(36)30(23(16)35)18-4-5-19(32)27-22(18)34/h1-3,11-12,15,18,25,31H,4-10,13H2,(H,27,32,34). The van der Waals surface area contributed by atoms with Gasteiger partial charge in [-0.25, -0.2) is 0 Å². The van der Waals surface area contributed by atoms with Crippen molar-refractivity contribution in [1.29, 1.82) is 0 Å². The second-order valence-corrected chi connectivity index (χ2v) is 9.13. The number of rotatable bonds is 6. The second-order valence-electron chi connectivity index (χ2n) is 9.13. The van der Waals surface area contributed by atoms with E-state index < -0.39 is 36.3 Å². The Bertz CT molecular complexity index is 1250. The van der Waals surface area contributed by atoms with E-state index in [4.69, 9.17) is 5.11 Å². The molecule has 2 fully saturated rings. The average Bonchev–Trinajstić information content (AvgIpc) is 3.46. The number of nitrogens with one attached hydrogen (secondary N) is 2. The number of aliphatic hydroxyl groups excluding tert-OH is 1. The molecule has 0 bridgehead atoms. The number of nitrogens with zero attached hydrogens (tertiary/aromatic N) is 4. The van der Waals surface area contributed by atoms with Gasteiger partial charge in [-0.15, -0.1) is 0 Å². The lowest BCUT2D eigenvalue weighted by atomic mass is 10.0. The topological polar surface area (TPSA) is 154 Å². The molecule has 4 heterocycles. The van der Waals surface area contributed by atoms with Crippen LogP contribution in [0.3, 0.4) is 0 Å². The lowest BCUT2D eigenvalue weighted by Crippen LogP contribution is -2.54. The monoisotopic (exact) mass is 494 g/mol. The lowest BCUT2D eigenvalue weighted by molar-refractivity contribution is -0.137. The first-order chi connectivity index (χ1) is 17.4. The highest BCUT2D eigenvalue weighted by atomic mass is 16.3. The summed E-state index contributed by atoms with van der Waals surface area (Å²) < 4.78 is 1.87. The number of carbonyl (C=O) groups excluding carboxylic acids is 5. The molecule has 1 unspecified atom stereocenters. The van der Waals surface area contributed by atoms with Crippen molar-refractivity contribution in [1.82, 2.24) is 24.9 Å². The number of aliphatic hydroxyl groups is 1. The molecule has 1 aromatic heterocycles. The molecule has 3 N–H and O–H groups in total. The Labute approximate surface area is 206 Å². The van der Waals surface area contributed by atoms with Gasteiger partial charge in [0.1, 0.15) is 12.6 Å². The van der Waals surface area contributed by atoms with Crippen molar-refractivity contribution in [2.24, 2.45) is 0 Å². The number of anilines is 1. The maximum Gasteiger partial charge on any atom is 0.264 e. The van der Waals surface area contributed by atoms with Crippen LogP contribution in [-0.2, 0) is 20.9 Å². The molecule has 2 saturated heterocycles. The number of imide groups is 2. The summed E-state index contributed by atoms with van der Waals surface area (Å²) in [5, 5.41) is 18.9. The maximum atomic E-state index is 13.2. The predicted octanol–water partition coefficient (Wildman–Crippen LogP) is 0.0522. The van der Waals surface area contributed by atoms with E-state index in [1.165, 1.54) is 0 Å². The molecule has 36 heavy (non-hydrogen) atoms. The quantitative estimate of drug-likeness (QED) is 0.476. The Morgan fingerprint density at radius 2 is 1.89 bits per heavy atom. The number of piperidine rings is 2. The summed E-state index contributed by atoms with van der Waals surface area (Å²) in [6, 6.07) is 4.06. The van der Waals surface area contributed by atoms with E-state index in [0.29, 0.717) is 25.3 Å². The van der Waals surface area contributed by atoms with Crippen LogP contribution in [0.4, 0.5) is 5.69 Å². The molecule has 3 aliphatic rings. The highest BCUT2D eigenvalue weighted by Gasteiger charge is 2.45. The van der Waals surface area contributed by atoms with Gasteiger partial charge in [-0.05, 0) is 31.4 Å². The van der Waals surface area contributed by atoms with Crippen LogP contribution >= 0.6 is 0 Å². The zero-order chi connectivity index (χ0) is 25.4. The Morgan fingerprint density at radius 3 is 2.61 bits per heavy atom. The Hall–Kier alpha value is -4.06. The van der Waals surface area contributed by atoms with Crippen LogP contribution in [0.5, 0.6) is 0 Å². The van der Waals surface area contributed by atoms with Crippen LogP contribution in [0.1, 0.15) is 58.0 Å². The van der Waals surface area contributed by atoms with Gasteiger partial charge in [0.2, 0.25) is 17.7 Å². The van der Waals surface area contributed by atoms with E-state index in [1.54, 1.807) is 29.3 Å². The minimum Gasteiger partial charge on any atom is -0.387 e. The molecule has 0 spiro atoms. The highest BCUT2D eigenvalue weighted by Crippen LogP contribution is 2.32. The van der Waals surface area contributed by atoms with E-state index >= 15 is 0 Å². The summed E-state index contributed by atoms with van der Waals surface area (Å²) in [5.74, 6) is -2.44. The van der Waals surface area contributed by atoms with Gasteiger partial charge in [0.05, 0.1) is 23.4 Å². The lowest BCUT2D eigenvalue weighted by Gasteiger charge is -2.31. The van der Waals surface area contributed by atoms with E-state index in [-0.39, 0.29) is 35.9 Å². The number of amides is 5. The Balaban J connectivity index is 1.26. The van der Waals surface area contributed by atoms with Gasteiger partial charge in [-0.2, -0.15) is 5.10 Å². The van der Waals surface area contributed by atoms with Gasteiger partial charge in [0.15, 0.2) is 0 Å². The fourth-order valence-corrected chi connectivity index (χ4v) is 5.01. The van der Waals surface area contributed by atoms with Crippen molar-refractivity contribution in [2.45, 2.75) is 44.3 Å². The SMILES string of the molecule is O=C1CCC(N2C(=O)c3cccc(NCc4cnn(C5CCN(C(=O)CO)CC5)c4)c3C2=O)C(=O)N1. The molecule has 12 heteroatoms. The van der Waals surface area contributed by atoms with Crippen molar-refractivity contribution in [2.75, 3.05) is 25.0 Å². The summed E-state index contributed by atoms with van der Waals surface area (Å²) in [6.07, 6.45) is 5.27. The van der Waals surface area contributed by atoms with Crippen molar-refractivity contribution in [3.8, 4) is 0 Å². The van der Waals surface area contributed by atoms with Crippen molar-refractivity contribution < 1.29 is 29.1 Å². The first kappa shape index (κ1) is 23.7. The van der Waals surface area contributed by atoms with Gasteiger partial charge in [0.25, 0.3) is 11.8 Å². The normalized spacial score (nSPS) is 20.5. The molecule has 0 saturated carbocycles. The molecule has 1 aromatic carbocycles. The zero-order valence-corrected chi connectivity index (χ0v) is 19.5. The number of aromatic nitrogens is 2. The van der Waals surface area contributed by atoms with Gasteiger partial charge in [0, 0.05) is 43.5 Å². The van der Waals surface area contributed by atoms with Gasteiger partial charge in [-0.3, -0.25) is 38.9 Å². The van der Waals surface area contributed by atoms with Crippen LogP contribution < -0.4 is 10.6 Å². The average molecular weight is 495 g/mol. The molecule has 3 aliphatic heterocycles. The van der Waals surface area contributed by atoms with Crippen molar-refractivity contribution in [3.05, 3.63) is 47.3 Å². The summed E-state index contributed by atoms with van der Waals surface area (Å²) in [5.41, 5.74) is 1.78. The molecule has 12 nitrogen and oxygen atoms in total. The summed E-state index contributed by atoms with van der Waals surface area (Å²) >= 11 is 0. The number of hydrogen-bond acceptors (Lipinski definition) is 8. The van der Waals surface area contributed by atoms with E-state index in [1.807, 2.05) is 10.9 Å². The molecular weight excluding hydrogens is 468 g/mol. The largest absolute Gasteiger partial charge is 0.387 e. The first-order valence-electron chi connectivity index (χ1n) is 11.9. The molecule has 2 aromatic rings. The molecule has 5 amide bonds. The van der Waals surface area contributed by atoms with Crippen LogP contribution in [0, 0.1) is 0 Å². The van der Waals surface area contributed by atoms with Crippen molar-refractivity contribution in [3.63, 3.8) is 0 Å². The van der Waals surface area contributed by atoms with E-state index in [9.17, 15) is 24.0 Å². The Kier molecular flexibility index (Phi) is 6.27. The molecule has 1 atom stereocenters.